The number of non-ortho nitro benzene ring substituents is 1. The lowest BCUT2D eigenvalue weighted by atomic mass is 10.2. The molecule has 0 aliphatic carbocycles. The summed E-state index contributed by atoms with van der Waals surface area (Å²) in [6.45, 7) is 5.16. The summed E-state index contributed by atoms with van der Waals surface area (Å²) >= 11 is 0. The van der Waals surface area contributed by atoms with Gasteiger partial charge in [-0.05, 0) is 32.5 Å². The van der Waals surface area contributed by atoms with E-state index in [0.29, 0.717) is 12.1 Å². The number of benzene rings is 1. The Morgan fingerprint density at radius 2 is 1.54 bits per heavy atom. The molecule has 0 heterocycles. The number of hydrogen-bond acceptors (Lipinski definition) is 9. The Labute approximate surface area is 136 Å². The van der Waals surface area contributed by atoms with Crippen LogP contribution in [0.4, 0.5) is 17.1 Å². The van der Waals surface area contributed by atoms with Crippen molar-refractivity contribution in [1.29, 1.82) is 0 Å². The van der Waals surface area contributed by atoms with Gasteiger partial charge >= 0.3 is 11.4 Å². The summed E-state index contributed by atoms with van der Waals surface area (Å²) in [5.41, 5.74) is 2.27. The van der Waals surface area contributed by atoms with Crippen LogP contribution in [0, 0.1) is 30.3 Å². The average molecular weight is 345 g/mol. The molecule has 1 aromatic carbocycles. The van der Waals surface area contributed by atoms with E-state index in [1.54, 1.807) is 0 Å². The minimum atomic E-state index is -1.21. The number of rotatable bonds is 8. The summed E-state index contributed by atoms with van der Waals surface area (Å²) in [7, 11) is 0. The van der Waals surface area contributed by atoms with Crippen LogP contribution in [0.2, 0.25) is 0 Å². The van der Waals surface area contributed by atoms with E-state index in [9.17, 15) is 30.3 Å². The van der Waals surface area contributed by atoms with Crippen LogP contribution in [0.5, 0.6) is 5.75 Å². The summed E-state index contributed by atoms with van der Waals surface area (Å²) in [5, 5.41) is 43.5. The monoisotopic (exact) mass is 345 g/mol. The molecule has 4 N–H and O–H groups in total. The number of hydrogen-bond donors (Lipinski definition) is 3. The fourth-order valence-electron chi connectivity index (χ4n) is 1.50. The van der Waals surface area contributed by atoms with Gasteiger partial charge in [0.05, 0.1) is 26.9 Å². The molecule has 0 aliphatic heterocycles. The maximum atomic E-state index is 10.4. The third kappa shape index (κ3) is 6.93. The second-order valence-electron chi connectivity index (χ2n) is 4.50. The molecule has 0 saturated carbocycles. The van der Waals surface area contributed by atoms with Crippen molar-refractivity contribution in [2.75, 3.05) is 19.6 Å². The van der Waals surface area contributed by atoms with Gasteiger partial charge in [0.1, 0.15) is 0 Å². The minimum Gasteiger partial charge on any atom is -0.497 e. The SMILES string of the molecule is CCCNCCCN.O=[N+]([O-])c1cc([N+](=O)[O-])c(O)c([N+](=O)[O-])c1. The number of nitrogens with two attached hydrogens (primary N) is 1. The molecule has 0 amide bonds. The standard InChI is InChI=1S/C6H3N3O7.C6H16N2/c10-6-4(8(13)14)1-3(7(11)12)2-5(6)9(15)16;1-2-5-8-6-3-4-7/h1-2,10H;8H,2-7H2,1H3. The van der Waals surface area contributed by atoms with E-state index in [-0.39, 0.29) is 0 Å². The Morgan fingerprint density at radius 1 is 1.04 bits per heavy atom. The third-order valence-corrected chi connectivity index (χ3v) is 2.64. The predicted octanol–water partition coefficient (Wildman–Crippen LogP) is 1.45. The average Bonchev–Trinajstić information content (AvgIpc) is 2.51. The molecule has 24 heavy (non-hydrogen) atoms. The van der Waals surface area contributed by atoms with Crippen LogP contribution in [0.3, 0.4) is 0 Å². The number of phenols is 1. The van der Waals surface area contributed by atoms with E-state index in [0.717, 1.165) is 26.1 Å². The van der Waals surface area contributed by atoms with Gasteiger partial charge in [-0.2, -0.15) is 0 Å². The number of nitro benzene ring substituents is 3. The van der Waals surface area contributed by atoms with E-state index in [2.05, 4.69) is 12.2 Å². The van der Waals surface area contributed by atoms with Crippen molar-refractivity contribution >= 4 is 17.1 Å². The Hall–Kier alpha value is -2.86. The molecule has 0 saturated heterocycles. The van der Waals surface area contributed by atoms with Crippen molar-refractivity contribution in [2.45, 2.75) is 19.8 Å². The molecule has 0 bridgehead atoms. The maximum absolute atomic E-state index is 10.4. The van der Waals surface area contributed by atoms with Crippen molar-refractivity contribution < 1.29 is 19.9 Å². The van der Waals surface area contributed by atoms with Gasteiger partial charge in [-0.15, -0.1) is 0 Å². The van der Waals surface area contributed by atoms with Crippen molar-refractivity contribution in [3.05, 3.63) is 42.5 Å². The lowest BCUT2D eigenvalue weighted by Gasteiger charge is -1.98. The summed E-state index contributed by atoms with van der Waals surface area (Å²) < 4.78 is 0. The zero-order chi connectivity index (χ0) is 18.7. The van der Waals surface area contributed by atoms with Crippen LogP contribution < -0.4 is 11.1 Å². The van der Waals surface area contributed by atoms with Gasteiger partial charge in [-0.1, -0.05) is 6.92 Å². The molecule has 0 radical (unpaired) electrons. The Morgan fingerprint density at radius 3 is 1.88 bits per heavy atom. The summed E-state index contributed by atoms with van der Waals surface area (Å²) in [6, 6.07) is 0.894. The molecule has 134 valence electrons. The van der Waals surface area contributed by atoms with Gasteiger partial charge in [0.25, 0.3) is 11.4 Å². The fourth-order valence-corrected chi connectivity index (χ4v) is 1.50. The largest absolute Gasteiger partial charge is 0.497 e. The first kappa shape index (κ1) is 21.1. The van der Waals surface area contributed by atoms with Crippen LogP contribution in [0.1, 0.15) is 19.8 Å². The first-order valence-corrected chi connectivity index (χ1v) is 6.97. The normalized spacial score (nSPS) is 9.75. The van der Waals surface area contributed by atoms with Crippen molar-refractivity contribution in [2.24, 2.45) is 5.73 Å². The number of nitro groups is 3. The second kappa shape index (κ2) is 10.8. The molecular formula is C12H19N5O7. The van der Waals surface area contributed by atoms with Crippen LogP contribution >= 0.6 is 0 Å². The Balaban J connectivity index is 0.000000561. The van der Waals surface area contributed by atoms with Crippen LogP contribution in [0.15, 0.2) is 12.1 Å². The first-order valence-electron chi connectivity index (χ1n) is 6.97. The van der Waals surface area contributed by atoms with Gasteiger partial charge in [0.2, 0.25) is 0 Å². The van der Waals surface area contributed by atoms with E-state index < -0.39 is 37.6 Å². The predicted molar refractivity (Wildman–Crippen MR) is 84.9 cm³/mol. The molecule has 0 fully saturated rings. The highest BCUT2D eigenvalue weighted by Crippen LogP contribution is 2.38. The number of phenolic OH excluding ortho intramolecular Hbond substituents is 1. The first-order chi connectivity index (χ1) is 11.3. The molecule has 0 spiro atoms. The topological polar surface area (TPSA) is 188 Å². The Bertz CT molecular complexity index is 552. The van der Waals surface area contributed by atoms with Gasteiger partial charge in [-0.25, -0.2) is 0 Å². The van der Waals surface area contributed by atoms with E-state index in [1.165, 1.54) is 6.42 Å². The van der Waals surface area contributed by atoms with Crippen LogP contribution in [0.25, 0.3) is 0 Å². The quantitative estimate of drug-likeness (QED) is 0.355. The highest BCUT2D eigenvalue weighted by atomic mass is 16.6. The molecule has 1 rings (SSSR count). The second-order valence-corrected chi connectivity index (χ2v) is 4.50. The van der Waals surface area contributed by atoms with Gasteiger partial charge in [0, 0.05) is 0 Å². The van der Waals surface area contributed by atoms with E-state index in [1.807, 2.05) is 0 Å². The highest BCUT2D eigenvalue weighted by Gasteiger charge is 2.30. The molecule has 12 nitrogen and oxygen atoms in total. The summed E-state index contributed by atoms with van der Waals surface area (Å²) in [5.74, 6) is -1.21. The number of aromatic hydroxyl groups is 1. The van der Waals surface area contributed by atoms with E-state index in [4.69, 9.17) is 10.8 Å². The maximum Gasteiger partial charge on any atom is 0.324 e. The summed E-state index contributed by atoms with van der Waals surface area (Å²) in [4.78, 5) is 27.8. The zero-order valence-electron chi connectivity index (χ0n) is 13.0. The molecule has 0 atom stereocenters. The summed E-state index contributed by atoms with van der Waals surface area (Å²) in [6.07, 6.45) is 2.31. The van der Waals surface area contributed by atoms with Crippen molar-refractivity contribution in [3.63, 3.8) is 0 Å². The van der Waals surface area contributed by atoms with Crippen LogP contribution in [-0.2, 0) is 0 Å². The highest BCUT2D eigenvalue weighted by molar-refractivity contribution is 5.64. The van der Waals surface area contributed by atoms with Gasteiger partial charge < -0.3 is 16.2 Å². The number of nitrogens with zero attached hydrogens (tertiary/aromatic N) is 3. The fraction of sp³-hybridized carbons (Fsp3) is 0.500. The van der Waals surface area contributed by atoms with E-state index >= 15 is 0 Å². The molecule has 0 aliphatic rings. The van der Waals surface area contributed by atoms with Crippen molar-refractivity contribution in [1.82, 2.24) is 5.32 Å². The molecular weight excluding hydrogens is 326 g/mol. The lowest BCUT2D eigenvalue weighted by molar-refractivity contribution is -0.404. The molecule has 1 aromatic rings. The van der Waals surface area contributed by atoms with Gasteiger partial charge in [-0.3, -0.25) is 30.3 Å². The molecule has 12 heteroatoms. The van der Waals surface area contributed by atoms with Crippen molar-refractivity contribution in [3.8, 4) is 5.75 Å². The smallest absolute Gasteiger partial charge is 0.324 e. The number of nitrogens with one attached hydrogen (secondary N) is 1. The molecule has 0 aromatic heterocycles. The molecule has 0 unspecified atom stereocenters. The minimum absolute atomic E-state index is 0.447. The van der Waals surface area contributed by atoms with Gasteiger partial charge in [0.15, 0.2) is 0 Å². The lowest BCUT2D eigenvalue weighted by Crippen LogP contribution is -2.18. The zero-order valence-corrected chi connectivity index (χ0v) is 13.0. The Kier molecular flexibility index (Phi) is 9.51. The van der Waals surface area contributed by atoms with Crippen LogP contribution in [-0.4, -0.2) is 39.5 Å². The third-order valence-electron chi connectivity index (χ3n) is 2.64.